The molecule has 0 saturated carbocycles. The fraction of sp³-hybridized carbons (Fsp3) is 0.429. The van der Waals surface area contributed by atoms with E-state index in [1.807, 2.05) is 47.4 Å². The third-order valence-electron chi connectivity index (χ3n) is 5.75. The van der Waals surface area contributed by atoms with Crippen LogP contribution in [0.5, 0.6) is 0 Å². The van der Waals surface area contributed by atoms with Crippen molar-refractivity contribution in [2.75, 3.05) is 19.7 Å². The summed E-state index contributed by atoms with van der Waals surface area (Å²) in [5.74, 6) is -0.969. The number of piperidine rings is 1. The standard InChI is InChI=1S/C21H24N2O4/c24-20(18-7-6-17(22-18)14-4-2-1-3-5-14)23-11-8-15(9-12-23)19-16(21(25)26)10-13-27-19/h1-7,15-16,19,22H,8-13H2,(H,25,26)/t16?,19-/m0/s1. The minimum absolute atomic E-state index is 0.00208. The second kappa shape index (κ2) is 7.56. The fourth-order valence-electron chi connectivity index (χ4n) is 4.25. The van der Waals surface area contributed by atoms with Gasteiger partial charge in [-0.1, -0.05) is 30.3 Å². The van der Waals surface area contributed by atoms with E-state index in [0.717, 1.165) is 24.1 Å². The number of benzene rings is 1. The molecule has 142 valence electrons. The smallest absolute Gasteiger partial charge is 0.309 e. The summed E-state index contributed by atoms with van der Waals surface area (Å²) < 4.78 is 5.71. The third-order valence-corrected chi connectivity index (χ3v) is 5.75. The molecule has 0 spiro atoms. The van der Waals surface area contributed by atoms with Gasteiger partial charge in [0.2, 0.25) is 0 Å². The maximum absolute atomic E-state index is 12.8. The van der Waals surface area contributed by atoms with Crippen molar-refractivity contribution in [3.63, 3.8) is 0 Å². The van der Waals surface area contributed by atoms with Crippen molar-refractivity contribution in [3.05, 3.63) is 48.2 Å². The van der Waals surface area contributed by atoms with Crippen LogP contribution in [0.3, 0.4) is 0 Å². The number of carbonyl (C=O) groups is 2. The van der Waals surface area contributed by atoms with Crippen molar-refractivity contribution >= 4 is 11.9 Å². The van der Waals surface area contributed by atoms with Crippen LogP contribution in [0, 0.1) is 11.8 Å². The Morgan fingerprint density at radius 2 is 1.78 bits per heavy atom. The van der Waals surface area contributed by atoms with Crippen molar-refractivity contribution in [2.24, 2.45) is 11.8 Å². The van der Waals surface area contributed by atoms with Gasteiger partial charge in [-0.15, -0.1) is 0 Å². The van der Waals surface area contributed by atoms with Gasteiger partial charge in [-0.3, -0.25) is 9.59 Å². The number of aromatic nitrogens is 1. The first kappa shape index (κ1) is 17.8. The van der Waals surface area contributed by atoms with Gasteiger partial charge in [0.25, 0.3) is 5.91 Å². The highest BCUT2D eigenvalue weighted by Gasteiger charge is 2.40. The molecule has 1 unspecified atom stereocenters. The molecular formula is C21H24N2O4. The molecule has 2 fully saturated rings. The van der Waals surface area contributed by atoms with Gasteiger partial charge >= 0.3 is 5.97 Å². The lowest BCUT2D eigenvalue weighted by Crippen LogP contribution is -2.43. The molecule has 0 bridgehead atoms. The minimum Gasteiger partial charge on any atom is -0.481 e. The van der Waals surface area contributed by atoms with Crippen molar-refractivity contribution in [2.45, 2.75) is 25.4 Å². The maximum Gasteiger partial charge on any atom is 0.309 e. The average Bonchev–Trinajstić information content (AvgIpc) is 3.38. The molecule has 4 rings (SSSR count). The molecule has 3 heterocycles. The molecule has 0 aliphatic carbocycles. The first-order valence-electron chi connectivity index (χ1n) is 9.51. The monoisotopic (exact) mass is 368 g/mol. The number of aromatic amines is 1. The van der Waals surface area contributed by atoms with Crippen LogP contribution in [0.15, 0.2) is 42.5 Å². The van der Waals surface area contributed by atoms with E-state index in [4.69, 9.17) is 4.74 Å². The number of carboxylic acids is 1. The minimum atomic E-state index is -0.768. The van der Waals surface area contributed by atoms with E-state index in [9.17, 15) is 14.7 Å². The Labute approximate surface area is 158 Å². The highest BCUT2D eigenvalue weighted by atomic mass is 16.5. The maximum atomic E-state index is 12.8. The quantitative estimate of drug-likeness (QED) is 0.869. The van der Waals surface area contributed by atoms with Crippen molar-refractivity contribution in [1.82, 2.24) is 9.88 Å². The highest BCUT2D eigenvalue weighted by molar-refractivity contribution is 5.93. The summed E-state index contributed by atoms with van der Waals surface area (Å²) in [6.45, 7) is 1.79. The number of ether oxygens (including phenoxy) is 1. The summed E-state index contributed by atoms with van der Waals surface area (Å²) in [4.78, 5) is 29.3. The molecule has 6 heteroatoms. The molecule has 2 aliphatic heterocycles. The van der Waals surface area contributed by atoms with Crippen LogP contribution in [0.2, 0.25) is 0 Å². The van der Waals surface area contributed by atoms with Crippen LogP contribution >= 0.6 is 0 Å². The van der Waals surface area contributed by atoms with E-state index < -0.39 is 11.9 Å². The van der Waals surface area contributed by atoms with Crippen LogP contribution in [-0.2, 0) is 9.53 Å². The number of hydrogen-bond donors (Lipinski definition) is 2. The van der Waals surface area contributed by atoms with Gasteiger partial charge in [0.15, 0.2) is 0 Å². The molecule has 6 nitrogen and oxygen atoms in total. The molecular weight excluding hydrogens is 344 g/mol. The number of nitrogens with one attached hydrogen (secondary N) is 1. The molecule has 1 aromatic heterocycles. The number of amides is 1. The summed E-state index contributed by atoms with van der Waals surface area (Å²) in [6, 6.07) is 13.7. The van der Waals surface area contributed by atoms with Gasteiger partial charge in [-0.2, -0.15) is 0 Å². The fourth-order valence-corrected chi connectivity index (χ4v) is 4.25. The van der Waals surface area contributed by atoms with Crippen molar-refractivity contribution in [3.8, 4) is 11.3 Å². The Hall–Kier alpha value is -2.60. The number of nitrogens with zero attached hydrogens (tertiary/aromatic N) is 1. The number of aliphatic carboxylic acids is 1. The van der Waals surface area contributed by atoms with Crippen LogP contribution in [-0.4, -0.2) is 52.7 Å². The summed E-state index contributed by atoms with van der Waals surface area (Å²) in [7, 11) is 0. The SMILES string of the molecule is O=C(O)C1CCO[C@H]1C1CCN(C(=O)c2ccc(-c3ccccc3)[nH]2)CC1. The highest BCUT2D eigenvalue weighted by Crippen LogP contribution is 2.33. The lowest BCUT2D eigenvalue weighted by molar-refractivity contribution is -0.145. The molecule has 2 N–H and O–H groups in total. The van der Waals surface area contributed by atoms with Gasteiger partial charge < -0.3 is 19.7 Å². The zero-order valence-corrected chi connectivity index (χ0v) is 15.1. The Balaban J connectivity index is 1.38. The van der Waals surface area contributed by atoms with E-state index in [-0.39, 0.29) is 17.9 Å². The number of rotatable bonds is 4. The predicted molar refractivity (Wildman–Crippen MR) is 100 cm³/mol. The largest absolute Gasteiger partial charge is 0.481 e. The summed E-state index contributed by atoms with van der Waals surface area (Å²) in [5, 5.41) is 9.35. The Bertz CT molecular complexity index is 809. The van der Waals surface area contributed by atoms with E-state index >= 15 is 0 Å². The molecule has 1 aromatic carbocycles. The number of hydrogen-bond acceptors (Lipinski definition) is 3. The number of carbonyl (C=O) groups excluding carboxylic acids is 1. The Kier molecular flexibility index (Phi) is 4.99. The Morgan fingerprint density at radius 1 is 1.04 bits per heavy atom. The molecule has 1 amide bonds. The second-order valence-electron chi connectivity index (χ2n) is 7.35. The third kappa shape index (κ3) is 3.62. The molecule has 2 aliphatic rings. The number of likely N-dealkylation sites (tertiary alicyclic amines) is 1. The normalized spacial score (nSPS) is 23.5. The molecule has 27 heavy (non-hydrogen) atoms. The number of carboxylic acid groups (broad SMARTS) is 1. The molecule has 2 aromatic rings. The lowest BCUT2D eigenvalue weighted by atomic mass is 9.84. The van der Waals surface area contributed by atoms with Crippen LogP contribution in [0.25, 0.3) is 11.3 Å². The van der Waals surface area contributed by atoms with Gasteiger partial charge in [-0.05, 0) is 42.9 Å². The molecule has 2 atom stereocenters. The second-order valence-corrected chi connectivity index (χ2v) is 7.35. The molecule has 0 radical (unpaired) electrons. The first-order valence-corrected chi connectivity index (χ1v) is 9.51. The van der Waals surface area contributed by atoms with Crippen LogP contribution in [0.4, 0.5) is 0 Å². The summed E-state index contributed by atoms with van der Waals surface area (Å²) in [6.07, 6.45) is 1.94. The van der Waals surface area contributed by atoms with Crippen LogP contribution in [0.1, 0.15) is 29.8 Å². The molecule has 2 saturated heterocycles. The van der Waals surface area contributed by atoms with E-state index in [2.05, 4.69) is 4.98 Å². The predicted octanol–water partition coefficient (Wildman–Crippen LogP) is 3.02. The number of H-pyrrole nitrogens is 1. The zero-order chi connectivity index (χ0) is 18.8. The van der Waals surface area contributed by atoms with Gasteiger partial charge in [0.05, 0.1) is 12.0 Å². The van der Waals surface area contributed by atoms with Crippen molar-refractivity contribution in [1.29, 1.82) is 0 Å². The van der Waals surface area contributed by atoms with E-state index in [1.54, 1.807) is 0 Å². The van der Waals surface area contributed by atoms with E-state index in [1.165, 1.54) is 0 Å². The van der Waals surface area contributed by atoms with Crippen molar-refractivity contribution < 1.29 is 19.4 Å². The van der Waals surface area contributed by atoms with Gasteiger partial charge in [0, 0.05) is 25.4 Å². The first-order chi connectivity index (χ1) is 13.1. The lowest BCUT2D eigenvalue weighted by Gasteiger charge is -2.35. The van der Waals surface area contributed by atoms with Gasteiger partial charge in [-0.25, -0.2) is 0 Å². The van der Waals surface area contributed by atoms with E-state index in [0.29, 0.717) is 31.8 Å². The average molecular weight is 368 g/mol. The summed E-state index contributed by atoms with van der Waals surface area (Å²) in [5.41, 5.74) is 2.57. The summed E-state index contributed by atoms with van der Waals surface area (Å²) >= 11 is 0. The zero-order valence-electron chi connectivity index (χ0n) is 15.1. The van der Waals surface area contributed by atoms with Gasteiger partial charge in [0.1, 0.15) is 5.69 Å². The van der Waals surface area contributed by atoms with Crippen LogP contribution < -0.4 is 0 Å². The topological polar surface area (TPSA) is 82.6 Å². The Morgan fingerprint density at radius 3 is 2.48 bits per heavy atom.